The van der Waals surface area contributed by atoms with Gasteiger partial charge in [0, 0.05) is 25.7 Å². The number of phosphoric acid groups is 2. The Morgan fingerprint density at radius 1 is 0.356 bits per heavy atom. The van der Waals surface area contributed by atoms with Gasteiger partial charge >= 0.3 is 39.5 Å². The first-order valence-electron chi connectivity index (χ1n) is 34.7. The molecule has 0 aliphatic rings. The van der Waals surface area contributed by atoms with Crippen LogP contribution < -0.4 is 0 Å². The molecule has 0 amide bonds. The summed E-state index contributed by atoms with van der Waals surface area (Å²) in [6, 6.07) is 0. The normalized spacial score (nSPS) is 14.4. The van der Waals surface area contributed by atoms with Gasteiger partial charge in [-0.05, 0) is 69.1 Å². The van der Waals surface area contributed by atoms with Gasteiger partial charge in [-0.15, -0.1) is 0 Å². The molecule has 0 aromatic rings. The molecule has 0 saturated heterocycles. The van der Waals surface area contributed by atoms with E-state index in [1.54, 1.807) is 0 Å². The van der Waals surface area contributed by atoms with Crippen LogP contribution in [0.25, 0.3) is 0 Å². The predicted octanol–water partition coefficient (Wildman–Crippen LogP) is 18.6. The molecule has 87 heavy (non-hydrogen) atoms. The van der Waals surface area contributed by atoms with Gasteiger partial charge < -0.3 is 33.8 Å². The number of ether oxygens (including phenoxy) is 4. The van der Waals surface area contributed by atoms with E-state index in [9.17, 15) is 43.2 Å². The van der Waals surface area contributed by atoms with E-state index < -0.39 is 97.5 Å². The maximum atomic E-state index is 13.0. The molecule has 512 valence electrons. The van der Waals surface area contributed by atoms with Gasteiger partial charge in [0.1, 0.15) is 19.3 Å². The molecule has 0 radical (unpaired) electrons. The van der Waals surface area contributed by atoms with Crippen molar-refractivity contribution in [2.24, 2.45) is 17.8 Å². The van der Waals surface area contributed by atoms with Crippen LogP contribution in [0.3, 0.4) is 0 Å². The third kappa shape index (κ3) is 62.1. The van der Waals surface area contributed by atoms with Crippen molar-refractivity contribution in [3.63, 3.8) is 0 Å². The van der Waals surface area contributed by atoms with Crippen LogP contribution in [0.5, 0.6) is 0 Å². The fraction of sp³-hybridized carbons (Fsp3) is 0.882. The van der Waals surface area contributed by atoms with E-state index in [1.165, 1.54) is 96.3 Å². The van der Waals surface area contributed by atoms with E-state index in [-0.39, 0.29) is 25.7 Å². The number of unbranched alkanes of at least 4 members (excludes halogenated alkanes) is 29. The van der Waals surface area contributed by atoms with Crippen LogP contribution in [-0.4, -0.2) is 96.7 Å². The van der Waals surface area contributed by atoms with Crippen molar-refractivity contribution in [2.75, 3.05) is 39.6 Å². The Morgan fingerprint density at radius 2 is 0.621 bits per heavy atom. The van der Waals surface area contributed by atoms with Crippen LogP contribution in [0.4, 0.5) is 0 Å². The number of hydrogen-bond acceptors (Lipinski definition) is 15. The Hall–Kier alpha value is -2.46. The maximum absolute atomic E-state index is 13.0. The number of rotatable bonds is 64. The van der Waals surface area contributed by atoms with Gasteiger partial charge in [0.15, 0.2) is 12.2 Å². The third-order valence-electron chi connectivity index (χ3n) is 15.0. The van der Waals surface area contributed by atoms with E-state index in [0.717, 1.165) is 121 Å². The number of aliphatic hydroxyl groups excluding tert-OH is 1. The lowest BCUT2D eigenvalue weighted by atomic mass is 10.0. The molecule has 0 rings (SSSR count). The number of carbonyl (C=O) groups excluding carboxylic acids is 4. The van der Waals surface area contributed by atoms with Crippen molar-refractivity contribution in [1.29, 1.82) is 0 Å². The zero-order valence-electron chi connectivity index (χ0n) is 56.0. The van der Waals surface area contributed by atoms with Crippen molar-refractivity contribution in [3.05, 3.63) is 24.3 Å². The molecule has 0 spiro atoms. The highest BCUT2D eigenvalue weighted by molar-refractivity contribution is 7.47. The van der Waals surface area contributed by atoms with Crippen LogP contribution in [0, 0.1) is 17.8 Å². The largest absolute Gasteiger partial charge is 0.472 e. The molecular weight excluding hydrogens is 1150 g/mol. The molecule has 0 bridgehead atoms. The first-order chi connectivity index (χ1) is 41.7. The second kappa shape index (κ2) is 58.6. The summed E-state index contributed by atoms with van der Waals surface area (Å²) in [6.07, 6.45) is 44.1. The van der Waals surface area contributed by atoms with Crippen molar-refractivity contribution >= 4 is 39.5 Å². The van der Waals surface area contributed by atoms with Crippen molar-refractivity contribution in [2.45, 2.75) is 330 Å². The van der Waals surface area contributed by atoms with E-state index in [1.807, 2.05) is 0 Å². The molecule has 0 saturated carbocycles. The van der Waals surface area contributed by atoms with Gasteiger partial charge in [-0.3, -0.25) is 37.3 Å². The second-order valence-corrected chi connectivity index (χ2v) is 28.2. The lowest BCUT2D eigenvalue weighted by molar-refractivity contribution is -0.161. The number of carbonyl (C=O) groups is 4. The van der Waals surface area contributed by atoms with Gasteiger partial charge in [0.05, 0.1) is 26.4 Å². The fourth-order valence-corrected chi connectivity index (χ4v) is 11.2. The first kappa shape index (κ1) is 84.5. The Bertz CT molecular complexity index is 1810. The van der Waals surface area contributed by atoms with Crippen LogP contribution in [-0.2, 0) is 65.4 Å². The Morgan fingerprint density at radius 3 is 0.931 bits per heavy atom. The molecular formula is C68H128O17P2. The molecule has 0 aliphatic carbocycles. The SMILES string of the molecule is CCCCCC/C=C\C=C/CCCCCCCC(=O)O[C@H](COC(=O)CCCCCCCCC(C)C)COP(=O)(O)OCC(O)COP(=O)(O)OC[C@@H](COC(=O)CCCCCCCCCC(C)C)OC(=O)CCCCCCCCCCCCC(C)C. The Kier molecular flexibility index (Phi) is 57.0. The van der Waals surface area contributed by atoms with Crippen LogP contribution in [0.1, 0.15) is 312 Å². The predicted molar refractivity (Wildman–Crippen MR) is 349 cm³/mol. The van der Waals surface area contributed by atoms with Gasteiger partial charge in [0.25, 0.3) is 0 Å². The summed E-state index contributed by atoms with van der Waals surface area (Å²) in [4.78, 5) is 72.3. The first-order valence-corrected chi connectivity index (χ1v) is 37.7. The molecule has 5 atom stereocenters. The fourth-order valence-electron chi connectivity index (χ4n) is 9.65. The highest BCUT2D eigenvalue weighted by Gasteiger charge is 2.30. The number of aliphatic hydroxyl groups is 1. The van der Waals surface area contributed by atoms with Gasteiger partial charge in [0.2, 0.25) is 0 Å². The zero-order valence-corrected chi connectivity index (χ0v) is 57.7. The van der Waals surface area contributed by atoms with Crippen LogP contribution >= 0.6 is 15.6 Å². The topological polar surface area (TPSA) is 237 Å². The zero-order chi connectivity index (χ0) is 64.5. The monoisotopic (exact) mass is 1280 g/mol. The summed E-state index contributed by atoms with van der Waals surface area (Å²) in [5.74, 6) is -0.0338. The lowest BCUT2D eigenvalue weighted by Gasteiger charge is -2.21. The van der Waals surface area contributed by atoms with Gasteiger partial charge in [-0.1, -0.05) is 259 Å². The molecule has 17 nitrogen and oxygen atoms in total. The second-order valence-electron chi connectivity index (χ2n) is 25.3. The summed E-state index contributed by atoms with van der Waals surface area (Å²) >= 11 is 0. The maximum Gasteiger partial charge on any atom is 0.472 e. The average Bonchev–Trinajstić information content (AvgIpc) is 3.68. The third-order valence-corrected chi connectivity index (χ3v) is 16.9. The molecule has 3 unspecified atom stereocenters. The number of phosphoric ester groups is 2. The molecule has 0 fully saturated rings. The van der Waals surface area contributed by atoms with E-state index >= 15 is 0 Å². The van der Waals surface area contributed by atoms with Gasteiger partial charge in [-0.2, -0.15) is 0 Å². The number of allylic oxidation sites excluding steroid dienone is 4. The quantitative estimate of drug-likeness (QED) is 0.0169. The Balaban J connectivity index is 5.27. The molecule has 3 N–H and O–H groups in total. The summed E-state index contributed by atoms with van der Waals surface area (Å²) in [7, 11) is -9.91. The van der Waals surface area contributed by atoms with Gasteiger partial charge in [-0.25, -0.2) is 9.13 Å². The van der Waals surface area contributed by atoms with E-state index in [2.05, 4.69) is 72.8 Å². The summed E-state index contributed by atoms with van der Waals surface area (Å²) in [6.45, 7) is 11.6. The Labute approximate surface area is 529 Å². The molecule has 0 heterocycles. The van der Waals surface area contributed by atoms with Crippen molar-refractivity contribution in [3.8, 4) is 0 Å². The lowest BCUT2D eigenvalue weighted by Crippen LogP contribution is -2.30. The minimum Gasteiger partial charge on any atom is -0.462 e. The average molecular weight is 1280 g/mol. The minimum absolute atomic E-state index is 0.0833. The van der Waals surface area contributed by atoms with Crippen molar-refractivity contribution in [1.82, 2.24) is 0 Å². The molecule has 19 heteroatoms. The number of hydrogen-bond donors (Lipinski definition) is 3. The summed E-state index contributed by atoms with van der Waals surface area (Å²) < 4.78 is 68.1. The highest BCUT2D eigenvalue weighted by atomic mass is 31.2. The molecule has 0 aromatic carbocycles. The van der Waals surface area contributed by atoms with E-state index in [0.29, 0.717) is 37.5 Å². The smallest absolute Gasteiger partial charge is 0.462 e. The minimum atomic E-state index is -4.96. The van der Waals surface area contributed by atoms with Crippen molar-refractivity contribution < 1.29 is 80.2 Å². The van der Waals surface area contributed by atoms with Crippen LogP contribution in [0.2, 0.25) is 0 Å². The standard InChI is InChI=1S/C68H128O17P2/c1-8-9-10-11-12-13-14-15-16-17-18-22-27-37-44-51-67(72)85-64(56-79-66(71)50-43-36-31-30-34-41-48-61(6)7)58-83-87(76,77)81-54-62(69)53-80-86(74,75)82-57-63(55-78-65(70)49-42-35-29-24-26-33-40-47-60(4)5)84-68(73)52-45-38-28-23-20-19-21-25-32-39-46-59(2)3/h13-16,59-64,69H,8-12,17-58H2,1-7H3,(H,74,75)(H,76,77)/b14-13-,16-15-/t62?,63-,64-/m1/s1. The van der Waals surface area contributed by atoms with Crippen LogP contribution in [0.15, 0.2) is 24.3 Å². The highest BCUT2D eigenvalue weighted by Crippen LogP contribution is 2.45. The molecule has 0 aliphatic heterocycles. The van der Waals surface area contributed by atoms with E-state index in [4.69, 9.17) is 37.0 Å². The summed E-state index contributed by atoms with van der Waals surface area (Å²) in [5.41, 5.74) is 0. The molecule has 0 aromatic heterocycles. The summed E-state index contributed by atoms with van der Waals surface area (Å²) in [5, 5.41) is 10.6. The number of esters is 4.